The average molecular weight is 419 g/mol. The number of amides is 1. The van der Waals surface area contributed by atoms with E-state index in [0.717, 1.165) is 12.0 Å². The normalized spacial score (nSPS) is 11.7. The van der Waals surface area contributed by atoms with E-state index in [4.69, 9.17) is 4.74 Å². The smallest absolute Gasteiger partial charge is 0.251 e. The molecule has 158 valence electrons. The first-order chi connectivity index (χ1) is 13.6. The maximum Gasteiger partial charge on any atom is 0.251 e. The zero-order chi connectivity index (χ0) is 21.6. The minimum absolute atomic E-state index is 0.0898. The zero-order valence-corrected chi connectivity index (χ0v) is 18.5. The van der Waals surface area contributed by atoms with Crippen LogP contribution in [-0.2, 0) is 16.6 Å². The van der Waals surface area contributed by atoms with Gasteiger partial charge in [-0.3, -0.25) is 4.79 Å². The molecular formula is C22H30N2O4S. The van der Waals surface area contributed by atoms with Crippen molar-refractivity contribution in [2.24, 2.45) is 5.92 Å². The number of methoxy groups -OCH3 is 1. The summed E-state index contributed by atoms with van der Waals surface area (Å²) >= 11 is 0. The number of carbonyl (C=O) groups is 1. The molecule has 0 aromatic heterocycles. The van der Waals surface area contributed by atoms with Crippen molar-refractivity contribution in [3.63, 3.8) is 0 Å². The lowest BCUT2D eigenvalue weighted by molar-refractivity contribution is 0.0952. The molecule has 0 radical (unpaired) electrons. The molecule has 0 fully saturated rings. The first kappa shape index (κ1) is 22.9. The number of rotatable bonds is 9. The molecule has 7 heteroatoms. The Morgan fingerprint density at radius 3 is 2.38 bits per heavy atom. The molecule has 0 unspecified atom stereocenters. The topological polar surface area (TPSA) is 75.7 Å². The van der Waals surface area contributed by atoms with Gasteiger partial charge in [0.05, 0.1) is 12.0 Å². The molecule has 1 amide bonds. The number of hydrogen-bond donors (Lipinski definition) is 1. The van der Waals surface area contributed by atoms with E-state index < -0.39 is 10.0 Å². The van der Waals surface area contributed by atoms with Gasteiger partial charge >= 0.3 is 0 Å². The Labute approximate surface area is 173 Å². The highest BCUT2D eigenvalue weighted by molar-refractivity contribution is 7.89. The van der Waals surface area contributed by atoms with Crippen molar-refractivity contribution in [2.75, 3.05) is 20.7 Å². The molecule has 0 aliphatic heterocycles. The second kappa shape index (κ2) is 9.89. The van der Waals surface area contributed by atoms with Crippen molar-refractivity contribution >= 4 is 15.9 Å². The molecule has 1 N–H and O–H groups in total. The van der Waals surface area contributed by atoms with Gasteiger partial charge in [-0.25, -0.2) is 8.42 Å². The van der Waals surface area contributed by atoms with Crippen LogP contribution in [0.5, 0.6) is 5.75 Å². The molecule has 29 heavy (non-hydrogen) atoms. The van der Waals surface area contributed by atoms with Crippen LogP contribution >= 0.6 is 0 Å². The Balaban J connectivity index is 2.21. The quantitative estimate of drug-likeness (QED) is 0.675. The maximum atomic E-state index is 12.9. The average Bonchev–Trinajstić information content (AvgIpc) is 2.67. The highest BCUT2D eigenvalue weighted by Crippen LogP contribution is 2.24. The van der Waals surface area contributed by atoms with Gasteiger partial charge in [0.1, 0.15) is 5.75 Å². The third-order valence-electron chi connectivity index (χ3n) is 4.67. The largest absolute Gasteiger partial charge is 0.496 e. The van der Waals surface area contributed by atoms with Gasteiger partial charge in [-0.05, 0) is 49.6 Å². The lowest BCUT2D eigenvalue weighted by atomic mass is 10.1. The Bertz CT molecular complexity index is 938. The van der Waals surface area contributed by atoms with Gasteiger partial charge in [-0.2, -0.15) is 4.31 Å². The Morgan fingerprint density at radius 1 is 1.14 bits per heavy atom. The Hall–Kier alpha value is -2.38. The van der Waals surface area contributed by atoms with E-state index in [1.807, 2.05) is 6.92 Å². The van der Waals surface area contributed by atoms with Crippen LogP contribution in [0.3, 0.4) is 0 Å². The second-order valence-electron chi connectivity index (χ2n) is 7.54. The molecule has 0 bridgehead atoms. The first-order valence-electron chi connectivity index (χ1n) is 9.63. The second-order valence-corrected chi connectivity index (χ2v) is 9.58. The van der Waals surface area contributed by atoms with Crippen molar-refractivity contribution < 1.29 is 17.9 Å². The van der Waals surface area contributed by atoms with E-state index in [0.29, 0.717) is 29.3 Å². The van der Waals surface area contributed by atoms with E-state index in [1.54, 1.807) is 42.5 Å². The standard InChI is InChI=1S/C22H30N2O4S/c1-16(2)12-13-23-22(25)18-8-11-21(28-5)19(14-18)15-24(4)29(26,27)20-9-6-17(3)7-10-20/h6-11,14,16H,12-13,15H2,1-5H3,(H,23,25). The van der Waals surface area contributed by atoms with E-state index in [2.05, 4.69) is 19.2 Å². The highest BCUT2D eigenvalue weighted by atomic mass is 32.2. The summed E-state index contributed by atoms with van der Waals surface area (Å²) in [6, 6.07) is 11.8. The van der Waals surface area contributed by atoms with Gasteiger partial charge in [-0.15, -0.1) is 0 Å². The fourth-order valence-electron chi connectivity index (χ4n) is 2.83. The van der Waals surface area contributed by atoms with E-state index in [9.17, 15) is 13.2 Å². The number of nitrogens with one attached hydrogen (secondary N) is 1. The van der Waals surface area contributed by atoms with Crippen LogP contribution in [0.25, 0.3) is 0 Å². The SMILES string of the molecule is COc1ccc(C(=O)NCCC(C)C)cc1CN(C)S(=O)(=O)c1ccc(C)cc1. The summed E-state index contributed by atoms with van der Waals surface area (Å²) in [5.74, 6) is 0.857. The van der Waals surface area contributed by atoms with E-state index in [1.165, 1.54) is 18.5 Å². The summed E-state index contributed by atoms with van der Waals surface area (Å²) in [6.07, 6.45) is 0.895. The van der Waals surface area contributed by atoms with Crippen LogP contribution in [0.15, 0.2) is 47.4 Å². The Morgan fingerprint density at radius 2 is 1.79 bits per heavy atom. The van der Waals surface area contributed by atoms with Crippen LogP contribution in [0.4, 0.5) is 0 Å². The molecule has 0 spiro atoms. The highest BCUT2D eigenvalue weighted by Gasteiger charge is 2.22. The molecule has 6 nitrogen and oxygen atoms in total. The Kier molecular flexibility index (Phi) is 7.81. The summed E-state index contributed by atoms with van der Waals surface area (Å²) in [4.78, 5) is 12.7. The molecule has 0 aliphatic carbocycles. The molecule has 2 aromatic carbocycles. The predicted molar refractivity (Wildman–Crippen MR) is 115 cm³/mol. The minimum Gasteiger partial charge on any atom is -0.496 e. The first-order valence-corrected chi connectivity index (χ1v) is 11.1. The van der Waals surface area contributed by atoms with E-state index in [-0.39, 0.29) is 17.3 Å². The van der Waals surface area contributed by atoms with Gasteiger partial charge in [-0.1, -0.05) is 31.5 Å². The van der Waals surface area contributed by atoms with Gasteiger partial charge in [0.15, 0.2) is 0 Å². The van der Waals surface area contributed by atoms with Crippen molar-refractivity contribution in [1.82, 2.24) is 9.62 Å². The van der Waals surface area contributed by atoms with Crippen LogP contribution in [0, 0.1) is 12.8 Å². The summed E-state index contributed by atoms with van der Waals surface area (Å²) in [5, 5.41) is 2.90. The maximum absolute atomic E-state index is 12.9. The van der Waals surface area contributed by atoms with Crippen LogP contribution in [0.2, 0.25) is 0 Å². The number of hydrogen-bond acceptors (Lipinski definition) is 4. The molecule has 0 heterocycles. The van der Waals surface area contributed by atoms with Gasteiger partial charge in [0.2, 0.25) is 10.0 Å². The molecule has 0 atom stereocenters. The minimum atomic E-state index is -3.66. The van der Waals surface area contributed by atoms with Crippen molar-refractivity contribution in [3.8, 4) is 5.75 Å². The number of carbonyl (C=O) groups excluding carboxylic acids is 1. The van der Waals surface area contributed by atoms with Crippen molar-refractivity contribution in [2.45, 2.75) is 38.6 Å². The molecular weight excluding hydrogens is 388 g/mol. The zero-order valence-electron chi connectivity index (χ0n) is 17.7. The molecule has 2 aromatic rings. The van der Waals surface area contributed by atoms with Gasteiger partial charge < -0.3 is 10.1 Å². The number of aryl methyl sites for hydroxylation is 1. The van der Waals surface area contributed by atoms with Crippen molar-refractivity contribution in [3.05, 3.63) is 59.2 Å². The predicted octanol–water partition coefficient (Wildman–Crippen LogP) is 3.60. The lowest BCUT2D eigenvalue weighted by Gasteiger charge is -2.19. The van der Waals surface area contributed by atoms with Crippen LogP contribution in [-0.4, -0.2) is 39.3 Å². The monoisotopic (exact) mass is 418 g/mol. The summed E-state index contributed by atoms with van der Waals surface area (Å²) < 4.78 is 32.4. The third-order valence-corrected chi connectivity index (χ3v) is 6.49. The number of sulfonamides is 1. The fourth-order valence-corrected chi connectivity index (χ4v) is 3.98. The molecule has 0 saturated carbocycles. The summed E-state index contributed by atoms with van der Waals surface area (Å²) in [5.41, 5.74) is 2.09. The molecule has 0 saturated heterocycles. The summed E-state index contributed by atoms with van der Waals surface area (Å²) in [7, 11) is -0.617. The fraction of sp³-hybridized carbons (Fsp3) is 0.409. The van der Waals surface area contributed by atoms with Crippen LogP contribution < -0.4 is 10.1 Å². The van der Waals surface area contributed by atoms with E-state index >= 15 is 0 Å². The van der Waals surface area contributed by atoms with Crippen molar-refractivity contribution in [1.29, 1.82) is 0 Å². The lowest BCUT2D eigenvalue weighted by Crippen LogP contribution is -2.28. The van der Waals surface area contributed by atoms with Gasteiger partial charge in [0.25, 0.3) is 5.91 Å². The van der Waals surface area contributed by atoms with Crippen LogP contribution in [0.1, 0.15) is 41.8 Å². The molecule has 2 rings (SSSR count). The van der Waals surface area contributed by atoms with Gasteiger partial charge in [0, 0.05) is 31.3 Å². The molecule has 0 aliphatic rings. The number of benzene rings is 2. The number of nitrogens with zero attached hydrogens (tertiary/aromatic N) is 1. The number of ether oxygens (including phenoxy) is 1. The third kappa shape index (κ3) is 6.05. The summed E-state index contributed by atoms with van der Waals surface area (Å²) in [6.45, 7) is 6.79.